The lowest BCUT2D eigenvalue weighted by Gasteiger charge is -2.13. The average molecular weight is 283 g/mol. The molecule has 0 aromatic carbocycles. The standard InChI is InChI=1S/C12H13NO7/c1-19-9(14)5-3-8(12(17)18)13-11(16)7-2-4-10(15)20-6-7/h2,4,6,8H,3,5H2,1H3,(H,13,16)(H,17,18)/t8-/m0/s1. The van der Waals surface area contributed by atoms with Crippen molar-refractivity contribution < 1.29 is 28.6 Å². The smallest absolute Gasteiger partial charge is 0.335 e. The summed E-state index contributed by atoms with van der Waals surface area (Å²) in [5.74, 6) is -2.57. The van der Waals surface area contributed by atoms with E-state index < -0.39 is 29.5 Å². The highest BCUT2D eigenvalue weighted by molar-refractivity contribution is 5.96. The largest absolute Gasteiger partial charge is 0.480 e. The maximum Gasteiger partial charge on any atom is 0.335 e. The van der Waals surface area contributed by atoms with Gasteiger partial charge in [-0.3, -0.25) is 9.59 Å². The van der Waals surface area contributed by atoms with Crippen LogP contribution in [0.1, 0.15) is 23.2 Å². The Bertz CT molecular complexity index is 543. The van der Waals surface area contributed by atoms with E-state index in [2.05, 4.69) is 14.5 Å². The lowest BCUT2D eigenvalue weighted by atomic mass is 10.1. The van der Waals surface area contributed by atoms with Crippen LogP contribution < -0.4 is 10.9 Å². The van der Waals surface area contributed by atoms with Crippen LogP contribution in [-0.4, -0.2) is 36.1 Å². The molecule has 1 amide bonds. The molecule has 0 unspecified atom stereocenters. The number of hydrogen-bond acceptors (Lipinski definition) is 6. The number of methoxy groups -OCH3 is 1. The van der Waals surface area contributed by atoms with Gasteiger partial charge in [-0.15, -0.1) is 0 Å². The van der Waals surface area contributed by atoms with Crippen LogP contribution in [0.3, 0.4) is 0 Å². The van der Waals surface area contributed by atoms with Crippen molar-refractivity contribution in [1.29, 1.82) is 0 Å². The van der Waals surface area contributed by atoms with Crippen molar-refractivity contribution in [3.8, 4) is 0 Å². The normalized spacial score (nSPS) is 11.4. The summed E-state index contributed by atoms with van der Waals surface area (Å²) in [4.78, 5) is 44.4. The van der Waals surface area contributed by atoms with Gasteiger partial charge in [0.25, 0.3) is 5.91 Å². The molecule has 8 nitrogen and oxygen atoms in total. The van der Waals surface area contributed by atoms with E-state index in [0.717, 1.165) is 12.3 Å². The molecule has 0 radical (unpaired) electrons. The second kappa shape index (κ2) is 7.07. The Morgan fingerprint density at radius 3 is 2.60 bits per heavy atom. The summed E-state index contributed by atoms with van der Waals surface area (Å²) in [5.41, 5.74) is -0.615. The summed E-state index contributed by atoms with van der Waals surface area (Å²) in [6.07, 6.45) is 0.680. The van der Waals surface area contributed by atoms with E-state index in [-0.39, 0.29) is 18.4 Å². The number of hydrogen-bond donors (Lipinski definition) is 2. The van der Waals surface area contributed by atoms with Crippen molar-refractivity contribution in [1.82, 2.24) is 5.32 Å². The zero-order valence-electron chi connectivity index (χ0n) is 10.6. The average Bonchev–Trinajstić information content (AvgIpc) is 2.43. The molecule has 2 N–H and O–H groups in total. The predicted octanol–water partition coefficient (Wildman–Crippen LogP) is -0.224. The Morgan fingerprint density at radius 1 is 1.40 bits per heavy atom. The third-order valence-electron chi connectivity index (χ3n) is 2.43. The maximum absolute atomic E-state index is 11.7. The number of rotatable bonds is 6. The van der Waals surface area contributed by atoms with Gasteiger partial charge in [0.1, 0.15) is 12.3 Å². The van der Waals surface area contributed by atoms with Gasteiger partial charge in [0.2, 0.25) is 0 Å². The topological polar surface area (TPSA) is 123 Å². The fraction of sp³-hybridized carbons (Fsp3) is 0.333. The summed E-state index contributed by atoms with van der Waals surface area (Å²) in [6, 6.07) is 1.01. The molecule has 8 heteroatoms. The van der Waals surface area contributed by atoms with Gasteiger partial charge in [-0.1, -0.05) is 0 Å². The van der Waals surface area contributed by atoms with Gasteiger partial charge in [0.15, 0.2) is 0 Å². The van der Waals surface area contributed by atoms with Crippen LogP contribution in [0.25, 0.3) is 0 Å². The maximum atomic E-state index is 11.7. The summed E-state index contributed by atoms with van der Waals surface area (Å²) < 4.78 is 8.89. The molecule has 0 aliphatic heterocycles. The number of carboxylic acid groups (broad SMARTS) is 1. The lowest BCUT2D eigenvalue weighted by Crippen LogP contribution is -2.41. The van der Waals surface area contributed by atoms with Crippen LogP contribution >= 0.6 is 0 Å². The third kappa shape index (κ3) is 4.56. The SMILES string of the molecule is COC(=O)CC[C@H](NC(=O)c1ccc(=O)oc1)C(=O)O. The van der Waals surface area contributed by atoms with Gasteiger partial charge < -0.3 is 19.6 Å². The van der Waals surface area contributed by atoms with E-state index in [1.165, 1.54) is 13.2 Å². The van der Waals surface area contributed by atoms with E-state index >= 15 is 0 Å². The van der Waals surface area contributed by atoms with E-state index in [1.54, 1.807) is 0 Å². The Kier molecular flexibility index (Phi) is 5.45. The predicted molar refractivity (Wildman–Crippen MR) is 65.1 cm³/mol. The van der Waals surface area contributed by atoms with Crippen LogP contribution in [0.5, 0.6) is 0 Å². The zero-order chi connectivity index (χ0) is 15.1. The molecule has 0 aliphatic rings. The minimum atomic E-state index is -1.28. The number of aliphatic carboxylic acids is 1. The zero-order valence-corrected chi connectivity index (χ0v) is 10.6. The molecule has 0 aliphatic carbocycles. The molecular weight excluding hydrogens is 270 g/mol. The second-order valence-electron chi connectivity index (χ2n) is 3.82. The van der Waals surface area contributed by atoms with Crippen LogP contribution in [0.2, 0.25) is 0 Å². The summed E-state index contributed by atoms with van der Waals surface area (Å²) in [6.45, 7) is 0. The van der Waals surface area contributed by atoms with Crippen LogP contribution in [0.4, 0.5) is 0 Å². The highest BCUT2D eigenvalue weighted by Gasteiger charge is 2.22. The second-order valence-corrected chi connectivity index (χ2v) is 3.82. The molecule has 1 heterocycles. The molecule has 1 atom stereocenters. The molecule has 0 fully saturated rings. The van der Waals surface area contributed by atoms with Gasteiger partial charge >= 0.3 is 17.6 Å². The van der Waals surface area contributed by atoms with Crippen molar-refractivity contribution in [2.75, 3.05) is 7.11 Å². The Morgan fingerprint density at radius 2 is 2.10 bits per heavy atom. The van der Waals surface area contributed by atoms with Crippen molar-refractivity contribution >= 4 is 17.8 Å². The number of nitrogens with one attached hydrogen (secondary N) is 1. The van der Waals surface area contributed by atoms with Gasteiger partial charge in [-0.2, -0.15) is 0 Å². The van der Waals surface area contributed by atoms with Gasteiger partial charge in [0, 0.05) is 12.5 Å². The third-order valence-corrected chi connectivity index (χ3v) is 2.43. The summed E-state index contributed by atoms with van der Waals surface area (Å²) in [7, 11) is 1.18. The minimum Gasteiger partial charge on any atom is -0.480 e. The quantitative estimate of drug-likeness (QED) is 0.691. The molecule has 1 aromatic heterocycles. The Hall–Kier alpha value is -2.64. The molecule has 0 saturated carbocycles. The number of carboxylic acids is 1. The fourth-order valence-electron chi connectivity index (χ4n) is 1.35. The minimum absolute atomic E-state index is 0.00826. The van der Waals surface area contributed by atoms with Crippen LogP contribution in [0, 0.1) is 0 Å². The van der Waals surface area contributed by atoms with E-state index in [9.17, 15) is 19.2 Å². The summed E-state index contributed by atoms with van der Waals surface area (Å²) in [5, 5.41) is 11.2. The number of amides is 1. The first-order chi connectivity index (χ1) is 9.43. The Labute approximate surface area is 113 Å². The summed E-state index contributed by atoms with van der Waals surface area (Å²) >= 11 is 0. The molecular formula is C12H13NO7. The highest BCUT2D eigenvalue weighted by atomic mass is 16.5. The van der Waals surface area contributed by atoms with Gasteiger partial charge in [-0.25, -0.2) is 9.59 Å². The molecule has 20 heavy (non-hydrogen) atoms. The first-order valence-electron chi connectivity index (χ1n) is 5.63. The Balaban J connectivity index is 2.67. The molecule has 108 valence electrons. The number of carbonyl (C=O) groups excluding carboxylic acids is 2. The molecule has 0 bridgehead atoms. The first kappa shape index (κ1) is 15.4. The highest BCUT2D eigenvalue weighted by Crippen LogP contribution is 2.02. The van der Waals surface area contributed by atoms with Crippen molar-refractivity contribution in [3.05, 3.63) is 34.4 Å². The van der Waals surface area contributed by atoms with E-state index in [0.29, 0.717) is 0 Å². The van der Waals surface area contributed by atoms with Crippen LogP contribution in [-0.2, 0) is 14.3 Å². The van der Waals surface area contributed by atoms with E-state index in [1.807, 2.05) is 0 Å². The number of esters is 1. The van der Waals surface area contributed by atoms with Gasteiger partial charge in [0.05, 0.1) is 12.7 Å². The lowest BCUT2D eigenvalue weighted by molar-refractivity contribution is -0.142. The molecule has 0 saturated heterocycles. The molecule has 1 rings (SSSR count). The number of carbonyl (C=O) groups is 3. The van der Waals surface area contributed by atoms with E-state index in [4.69, 9.17) is 5.11 Å². The first-order valence-corrected chi connectivity index (χ1v) is 5.63. The van der Waals surface area contributed by atoms with Gasteiger partial charge in [-0.05, 0) is 12.5 Å². The van der Waals surface area contributed by atoms with Crippen molar-refractivity contribution in [2.24, 2.45) is 0 Å². The molecule has 1 aromatic rings. The molecule has 0 spiro atoms. The monoisotopic (exact) mass is 283 g/mol. The van der Waals surface area contributed by atoms with Crippen LogP contribution in [0.15, 0.2) is 27.6 Å². The number of ether oxygens (including phenoxy) is 1. The van der Waals surface area contributed by atoms with Crippen molar-refractivity contribution in [2.45, 2.75) is 18.9 Å². The van der Waals surface area contributed by atoms with Crippen molar-refractivity contribution in [3.63, 3.8) is 0 Å². The fourth-order valence-corrected chi connectivity index (χ4v) is 1.35.